The largest absolute Gasteiger partial charge is 0.0654 e. The molecule has 0 aliphatic carbocycles. The first-order chi connectivity index (χ1) is 3.84. The number of unbranched alkanes of at least 4 members (excludes halogenated alkanes) is 1. The molecule has 0 bridgehead atoms. The number of hydrogen-bond acceptors (Lipinski definition) is 0. The van der Waals surface area contributed by atoms with Gasteiger partial charge in [0.15, 0.2) is 0 Å². The van der Waals surface area contributed by atoms with E-state index in [0.717, 1.165) is 0 Å². The highest BCUT2D eigenvalue weighted by Gasteiger charge is 2.31. The van der Waals surface area contributed by atoms with Gasteiger partial charge in [-0.15, -0.1) is 0 Å². The molecule has 0 spiro atoms. The van der Waals surface area contributed by atoms with Crippen LogP contribution < -0.4 is 0 Å². The van der Waals surface area contributed by atoms with E-state index in [1.54, 1.807) is 6.42 Å². The molecular weight excluding hydrogens is 112 g/mol. The third-order valence-corrected chi connectivity index (χ3v) is 4.69. The van der Waals surface area contributed by atoms with Gasteiger partial charge in [0.2, 0.25) is 0 Å². The molecule has 1 fully saturated rings. The van der Waals surface area contributed by atoms with Gasteiger partial charge in [-0.2, -0.15) is 0 Å². The van der Waals surface area contributed by atoms with Crippen LogP contribution in [0.25, 0.3) is 0 Å². The van der Waals surface area contributed by atoms with E-state index >= 15 is 0 Å². The molecule has 0 aromatic rings. The summed E-state index contributed by atoms with van der Waals surface area (Å²) >= 11 is 0. The van der Waals surface area contributed by atoms with E-state index in [-0.39, 0.29) is 0 Å². The van der Waals surface area contributed by atoms with Crippen molar-refractivity contribution in [2.24, 2.45) is 0 Å². The first kappa shape index (κ1) is 6.34. The Bertz CT molecular complexity index is 70.8. The molecule has 1 heteroatoms. The van der Waals surface area contributed by atoms with Crippen LogP contribution in [0.3, 0.4) is 0 Å². The van der Waals surface area contributed by atoms with Crippen LogP contribution >= 0.6 is 0 Å². The zero-order chi connectivity index (χ0) is 5.98. The molecule has 2 atom stereocenters. The molecule has 1 aliphatic rings. The highest BCUT2D eigenvalue weighted by Crippen LogP contribution is 2.44. The van der Waals surface area contributed by atoms with Crippen LogP contribution in [0, 0.1) is 0 Å². The summed E-state index contributed by atoms with van der Waals surface area (Å²) in [5.74, 6) is 0. The standard InChI is InChI=1S/C7H16Si/c1-3-4-5-7-6(2)8-7/h6-7H,3-5,8H2,1-2H3. The van der Waals surface area contributed by atoms with Gasteiger partial charge in [0.1, 0.15) is 0 Å². The Balaban J connectivity index is 1.89. The fourth-order valence-corrected chi connectivity index (χ4v) is 2.83. The quantitative estimate of drug-likeness (QED) is 0.510. The van der Waals surface area contributed by atoms with Gasteiger partial charge in [-0.1, -0.05) is 44.2 Å². The third kappa shape index (κ3) is 1.62. The van der Waals surface area contributed by atoms with E-state index in [4.69, 9.17) is 0 Å². The fourth-order valence-electron chi connectivity index (χ4n) is 1.27. The molecule has 0 saturated carbocycles. The summed E-state index contributed by atoms with van der Waals surface area (Å²) in [6, 6.07) is 0. The van der Waals surface area contributed by atoms with Crippen LogP contribution in [-0.2, 0) is 0 Å². The molecule has 8 heavy (non-hydrogen) atoms. The monoisotopic (exact) mass is 128 g/mol. The Kier molecular flexibility index (Phi) is 2.12. The summed E-state index contributed by atoms with van der Waals surface area (Å²) in [6.45, 7) is 4.71. The first-order valence-electron chi connectivity index (χ1n) is 3.84. The zero-order valence-corrected chi connectivity index (χ0v) is 7.40. The van der Waals surface area contributed by atoms with Crippen LogP contribution in [-0.4, -0.2) is 9.52 Å². The third-order valence-electron chi connectivity index (χ3n) is 2.20. The van der Waals surface area contributed by atoms with Gasteiger partial charge >= 0.3 is 0 Å². The SMILES string of the molecule is CCCCC1[SiH2]C1C. The van der Waals surface area contributed by atoms with E-state index in [1.807, 2.05) is 0 Å². The Morgan fingerprint density at radius 3 is 2.50 bits per heavy atom. The van der Waals surface area contributed by atoms with Crippen molar-refractivity contribution in [2.45, 2.75) is 44.2 Å². The van der Waals surface area contributed by atoms with Crippen molar-refractivity contribution in [3.05, 3.63) is 0 Å². The maximum absolute atomic E-state index is 2.42. The van der Waals surface area contributed by atoms with Gasteiger partial charge < -0.3 is 0 Å². The molecule has 0 N–H and O–H groups in total. The van der Waals surface area contributed by atoms with Gasteiger partial charge in [0.25, 0.3) is 0 Å². The first-order valence-corrected chi connectivity index (χ1v) is 5.48. The summed E-state index contributed by atoms with van der Waals surface area (Å²) in [7, 11) is 0.485. The molecule has 1 rings (SSSR count). The second-order valence-electron chi connectivity index (χ2n) is 3.12. The van der Waals surface area contributed by atoms with E-state index in [1.165, 1.54) is 23.9 Å². The summed E-state index contributed by atoms with van der Waals surface area (Å²) in [6.07, 6.45) is 4.45. The van der Waals surface area contributed by atoms with Crippen molar-refractivity contribution in [1.29, 1.82) is 0 Å². The van der Waals surface area contributed by atoms with Crippen LogP contribution in [0.15, 0.2) is 0 Å². The predicted octanol–water partition coefficient (Wildman–Crippen LogP) is 1.96. The molecule has 48 valence electrons. The highest BCUT2D eigenvalue weighted by atomic mass is 28.2. The molecule has 0 radical (unpaired) electrons. The second kappa shape index (κ2) is 2.67. The lowest BCUT2D eigenvalue weighted by Gasteiger charge is -1.91. The fraction of sp³-hybridized carbons (Fsp3) is 1.00. The minimum Gasteiger partial charge on any atom is -0.0654 e. The summed E-state index contributed by atoms with van der Waals surface area (Å²) in [4.78, 5) is 0. The van der Waals surface area contributed by atoms with E-state index in [9.17, 15) is 0 Å². The normalized spacial score (nSPS) is 38.2. The minimum absolute atomic E-state index is 0.485. The summed E-state index contributed by atoms with van der Waals surface area (Å²) in [5.41, 5.74) is 2.47. The van der Waals surface area contributed by atoms with Gasteiger partial charge in [0.05, 0.1) is 0 Å². The van der Waals surface area contributed by atoms with Gasteiger partial charge in [-0.25, -0.2) is 0 Å². The van der Waals surface area contributed by atoms with Crippen LogP contribution in [0.4, 0.5) is 0 Å². The number of hydrogen-bond donors (Lipinski definition) is 0. The molecule has 0 amide bonds. The van der Waals surface area contributed by atoms with E-state index in [0.29, 0.717) is 9.52 Å². The Hall–Kier alpha value is 0.217. The average Bonchev–Trinajstić information content (AvgIpc) is 2.42. The molecule has 2 unspecified atom stereocenters. The van der Waals surface area contributed by atoms with Crippen molar-refractivity contribution in [1.82, 2.24) is 0 Å². The van der Waals surface area contributed by atoms with E-state index < -0.39 is 0 Å². The minimum atomic E-state index is 0.485. The average molecular weight is 128 g/mol. The highest BCUT2D eigenvalue weighted by molar-refractivity contribution is 6.53. The van der Waals surface area contributed by atoms with Crippen molar-refractivity contribution in [2.75, 3.05) is 0 Å². The van der Waals surface area contributed by atoms with Crippen molar-refractivity contribution < 1.29 is 0 Å². The molecule has 1 saturated heterocycles. The molecule has 0 nitrogen and oxygen atoms in total. The topological polar surface area (TPSA) is 0 Å². The molecule has 1 aliphatic heterocycles. The van der Waals surface area contributed by atoms with Crippen molar-refractivity contribution >= 4 is 9.52 Å². The lowest BCUT2D eigenvalue weighted by atomic mass is 10.2. The Labute approximate surface area is 54.5 Å². The molecule has 1 heterocycles. The lowest BCUT2D eigenvalue weighted by Crippen LogP contribution is -1.71. The smallest absolute Gasteiger partial charge is 0.0260 e. The van der Waals surface area contributed by atoms with Gasteiger partial charge in [-0.3, -0.25) is 0 Å². The van der Waals surface area contributed by atoms with Crippen molar-refractivity contribution in [3.8, 4) is 0 Å². The predicted molar refractivity (Wildman–Crippen MR) is 41.2 cm³/mol. The zero-order valence-electron chi connectivity index (χ0n) is 5.98. The molecular formula is C7H16Si. The van der Waals surface area contributed by atoms with Crippen LogP contribution in [0.2, 0.25) is 11.1 Å². The second-order valence-corrected chi connectivity index (χ2v) is 5.92. The van der Waals surface area contributed by atoms with Gasteiger partial charge in [0, 0.05) is 9.52 Å². The number of rotatable bonds is 3. The Morgan fingerprint density at radius 2 is 2.12 bits per heavy atom. The lowest BCUT2D eigenvalue weighted by molar-refractivity contribution is 0.706. The van der Waals surface area contributed by atoms with E-state index in [2.05, 4.69) is 13.8 Å². The Morgan fingerprint density at radius 1 is 1.50 bits per heavy atom. The maximum atomic E-state index is 2.42. The molecule has 0 aromatic carbocycles. The van der Waals surface area contributed by atoms with Crippen LogP contribution in [0.5, 0.6) is 0 Å². The molecule has 0 aromatic heterocycles. The maximum Gasteiger partial charge on any atom is 0.0260 e. The van der Waals surface area contributed by atoms with Crippen molar-refractivity contribution in [3.63, 3.8) is 0 Å². The van der Waals surface area contributed by atoms with Gasteiger partial charge in [-0.05, 0) is 0 Å². The summed E-state index contributed by atoms with van der Waals surface area (Å²) < 4.78 is 0. The van der Waals surface area contributed by atoms with Crippen LogP contribution in [0.1, 0.15) is 33.1 Å². The summed E-state index contributed by atoms with van der Waals surface area (Å²) in [5, 5.41) is 0.